The highest BCUT2D eigenvalue weighted by molar-refractivity contribution is 7.88. The van der Waals surface area contributed by atoms with E-state index in [-0.39, 0.29) is 0 Å². The molecule has 9 heteroatoms. The summed E-state index contributed by atoms with van der Waals surface area (Å²) in [5.74, 6) is 0. The Bertz CT molecular complexity index is 411. The molecule has 0 fully saturated rings. The van der Waals surface area contributed by atoms with Gasteiger partial charge in [0.1, 0.15) is 0 Å². The molecule has 0 bridgehead atoms. The van der Waals surface area contributed by atoms with Gasteiger partial charge in [0.15, 0.2) is 0 Å². The molecule has 0 saturated carbocycles. The van der Waals surface area contributed by atoms with Gasteiger partial charge in [-0.3, -0.25) is 0 Å². The molecule has 0 aliphatic rings. The predicted octanol–water partition coefficient (Wildman–Crippen LogP) is -0.426. The zero-order chi connectivity index (χ0) is 15.7. The third-order valence-corrected chi connectivity index (χ3v) is 3.69. The van der Waals surface area contributed by atoms with Gasteiger partial charge in [0, 0.05) is 6.26 Å². The van der Waals surface area contributed by atoms with Crippen molar-refractivity contribution in [3.05, 3.63) is 0 Å². The van der Waals surface area contributed by atoms with Crippen LogP contribution < -0.4 is 4.72 Å². The fraction of sp³-hybridized carbons (Fsp3) is 1.00. The Morgan fingerprint density at radius 1 is 0.947 bits per heavy atom. The van der Waals surface area contributed by atoms with E-state index in [1.54, 1.807) is 0 Å². The fourth-order valence-electron chi connectivity index (χ4n) is 1.61. The number of quaternary nitrogens is 1. The summed E-state index contributed by atoms with van der Waals surface area (Å²) >= 11 is 0. The second-order valence-electron chi connectivity index (χ2n) is 4.38. The highest BCUT2D eigenvalue weighted by atomic mass is 32.2. The molecule has 0 spiro atoms. The Morgan fingerprint density at radius 2 is 1.26 bits per heavy atom. The minimum absolute atomic E-state index is 0.536. The van der Waals surface area contributed by atoms with Crippen LogP contribution in [0.4, 0.5) is 0 Å². The highest BCUT2D eigenvalue weighted by Gasteiger charge is 2.20. The predicted molar refractivity (Wildman–Crippen MR) is 75.2 cm³/mol. The van der Waals surface area contributed by atoms with Crippen LogP contribution in [0.3, 0.4) is 0 Å². The molecule has 0 radical (unpaired) electrons. The van der Waals surface area contributed by atoms with E-state index >= 15 is 0 Å². The molecule has 1 N–H and O–H groups in total. The smallest absolute Gasteiger partial charge is 0.208 e. The summed E-state index contributed by atoms with van der Waals surface area (Å²) in [4.78, 5) is 0. The Labute approximate surface area is 117 Å². The van der Waals surface area contributed by atoms with Crippen LogP contribution in [-0.4, -0.2) is 71.1 Å². The van der Waals surface area contributed by atoms with E-state index in [0.717, 1.165) is 30.7 Å². The molecule has 0 saturated heterocycles. The lowest BCUT2D eigenvalue weighted by molar-refractivity contribution is -0.922. The molecular weight excluding hydrogens is 292 g/mol. The Hall–Kier alpha value is -0.220. The Balaban J connectivity index is 0. The normalized spacial score (nSPS) is 12.7. The largest absolute Gasteiger partial charge is 0.748 e. The molecule has 0 rings (SSSR count). The van der Waals surface area contributed by atoms with Crippen LogP contribution in [0, 0.1) is 0 Å². The van der Waals surface area contributed by atoms with Gasteiger partial charge in [-0.2, -0.15) is 0 Å². The molecule has 0 aliphatic carbocycles. The van der Waals surface area contributed by atoms with Gasteiger partial charge in [0.05, 0.1) is 49.1 Å². The SMILES string of the molecule is CC[N+](CC)(CC)CCNS(C)(=O)=O.CS(=O)(=O)[O-]. The fourth-order valence-corrected chi connectivity index (χ4v) is 2.08. The van der Waals surface area contributed by atoms with Crippen molar-refractivity contribution in [2.45, 2.75) is 20.8 Å². The standard InChI is InChI=1S/C9H23N2O2S.CH4O3S/c1-5-11(6-2,7-3)9-8-10-14(4,12)13;1-5(2,3)4/h10H,5-9H2,1-4H3;1H3,(H,2,3,4)/q+1;/p-1. The van der Waals surface area contributed by atoms with E-state index in [1.165, 1.54) is 6.26 Å². The molecule has 0 aromatic heterocycles. The van der Waals surface area contributed by atoms with Gasteiger partial charge in [-0.05, 0) is 20.8 Å². The molecule has 0 amide bonds. The lowest BCUT2D eigenvalue weighted by Crippen LogP contribution is -2.51. The average Bonchev–Trinajstić information content (AvgIpc) is 2.21. The van der Waals surface area contributed by atoms with E-state index < -0.39 is 20.1 Å². The van der Waals surface area contributed by atoms with Crippen LogP contribution in [0.25, 0.3) is 0 Å². The van der Waals surface area contributed by atoms with Crippen molar-refractivity contribution in [1.82, 2.24) is 4.72 Å². The molecule has 0 aromatic carbocycles. The number of rotatable bonds is 7. The molecule has 118 valence electrons. The van der Waals surface area contributed by atoms with Crippen molar-refractivity contribution in [2.75, 3.05) is 45.2 Å². The zero-order valence-corrected chi connectivity index (χ0v) is 14.0. The van der Waals surface area contributed by atoms with Crippen LogP contribution in [0.5, 0.6) is 0 Å². The maximum atomic E-state index is 10.9. The Morgan fingerprint density at radius 3 is 1.47 bits per heavy atom. The maximum Gasteiger partial charge on any atom is 0.208 e. The summed E-state index contributed by atoms with van der Waals surface area (Å²) in [7, 11) is -6.95. The molecule has 0 atom stereocenters. The van der Waals surface area contributed by atoms with Crippen molar-refractivity contribution in [3.8, 4) is 0 Å². The second-order valence-corrected chi connectivity index (χ2v) is 7.63. The summed E-state index contributed by atoms with van der Waals surface area (Å²) < 4.78 is 52.5. The van der Waals surface area contributed by atoms with Crippen molar-refractivity contribution in [1.29, 1.82) is 0 Å². The minimum atomic E-state index is -3.92. The van der Waals surface area contributed by atoms with E-state index in [9.17, 15) is 8.42 Å². The minimum Gasteiger partial charge on any atom is -0.748 e. The monoisotopic (exact) mass is 318 g/mol. The van der Waals surface area contributed by atoms with Gasteiger partial charge in [-0.1, -0.05) is 0 Å². The summed E-state index contributed by atoms with van der Waals surface area (Å²) in [5.41, 5.74) is 0. The van der Waals surface area contributed by atoms with Crippen molar-refractivity contribution in [3.63, 3.8) is 0 Å². The van der Waals surface area contributed by atoms with E-state index in [4.69, 9.17) is 13.0 Å². The second kappa shape index (κ2) is 8.85. The van der Waals surface area contributed by atoms with Crippen molar-refractivity contribution in [2.24, 2.45) is 0 Å². The maximum absolute atomic E-state index is 10.9. The van der Waals surface area contributed by atoms with Crippen LogP contribution in [0.15, 0.2) is 0 Å². The lowest BCUT2D eigenvalue weighted by Gasteiger charge is -2.35. The van der Waals surface area contributed by atoms with Crippen LogP contribution in [0.1, 0.15) is 20.8 Å². The molecule has 0 aromatic rings. The number of likely N-dealkylation sites (N-methyl/N-ethyl adjacent to an activating group) is 1. The van der Waals surface area contributed by atoms with Gasteiger partial charge in [0.25, 0.3) is 0 Å². The number of hydrogen-bond acceptors (Lipinski definition) is 5. The summed E-state index contributed by atoms with van der Waals surface area (Å²) in [6.07, 6.45) is 1.80. The molecule has 0 unspecified atom stereocenters. The molecule has 0 heterocycles. The number of nitrogens with zero attached hydrogens (tertiary/aromatic N) is 1. The van der Waals surface area contributed by atoms with Crippen molar-refractivity contribution >= 4 is 20.1 Å². The van der Waals surface area contributed by atoms with Gasteiger partial charge in [0.2, 0.25) is 10.0 Å². The first-order valence-corrected chi connectivity index (χ1v) is 9.80. The van der Waals surface area contributed by atoms with Gasteiger partial charge in [-0.15, -0.1) is 0 Å². The zero-order valence-electron chi connectivity index (χ0n) is 12.3. The Kier molecular flexibility index (Phi) is 9.82. The van der Waals surface area contributed by atoms with Crippen LogP contribution in [-0.2, 0) is 20.1 Å². The molecule has 7 nitrogen and oxygen atoms in total. The van der Waals surface area contributed by atoms with E-state index in [2.05, 4.69) is 25.5 Å². The van der Waals surface area contributed by atoms with Crippen LogP contribution in [0.2, 0.25) is 0 Å². The third-order valence-electron chi connectivity index (χ3n) is 2.96. The topological polar surface area (TPSA) is 103 Å². The first-order chi connectivity index (χ1) is 8.39. The van der Waals surface area contributed by atoms with E-state index in [0.29, 0.717) is 12.8 Å². The molecular formula is C10H26N2O5S2. The average molecular weight is 318 g/mol. The first kappa shape index (κ1) is 21.1. The van der Waals surface area contributed by atoms with E-state index in [1.807, 2.05) is 0 Å². The summed E-state index contributed by atoms with van der Waals surface area (Å²) in [6, 6.07) is 0. The highest BCUT2D eigenvalue weighted by Crippen LogP contribution is 2.04. The lowest BCUT2D eigenvalue weighted by atomic mass is 10.3. The summed E-state index contributed by atoms with van der Waals surface area (Å²) in [6.45, 7) is 11.0. The first-order valence-electron chi connectivity index (χ1n) is 6.09. The summed E-state index contributed by atoms with van der Waals surface area (Å²) in [5, 5.41) is 0. The quantitative estimate of drug-likeness (QED) is 0.507. The van der Waals surface area contributed by atoms with Gasteiger partial charge in [-0.25, -0.2) is 21.6 Å². The number of nitrogens with one attached hydrogen (secondary N) is 1. The molecule has 0 aliphatic heterocycles. The van der Waals surface area contributed by atoms with Crippen LogP contribution >= 0.6 is 0 Å². The third kappa shape index (κ3) is 15.7. The van der Waals surface area contributed by atoms with Crippen molar-refractivity contribution < 1.29 is 25.9 Å². The number of sulfonamides is 1. The molecule has 19 heavy (non-hydrogen) atoms. The van der Waals surface area contributed by atoms with Gasteiger partial charge >= 0.3 is 0 Å². The van der Waals surface area contributed by atoms with Gasteiger partial charge < -0.3 is 9.04 Å². The number of hydrogen-bond donors (Lipinski definition) is 1.